The van der Waals surface area contributed by atoms with Gasteiger partial charge in [-0.1, -0.05) is 0 Å². The maximum Gasteiger partial charge on any atom is 0.263 e. The molecule has 19 heavy (non-hydrogen) atoms. The van der Waals surface area contributed by atoms with Crippen molar-refractivity contribution in [3.63, 3.8) is 0 Å². The lowest BCUT2D eigenvalue weighted by atomic mass is 10.1. The summed E-state index contributed by atoms with van der Waals surface area (Å²) in [6, 6.07) is 4.03. The number of anilines is 1. The van der Waals surface area contributed by atoms with Gasteiger partial charge in [0.25, 0.3) is 5.91 Å². The van der Waals surface area contributed by atoms with E-state index in [2.05, 4.69) is 15.6 Å². The number of nitrogen functional groups attached to an aromatic ring is 1. The van der Waals surface area contributed by atoms with Crippen LogP contribution in [0.15, 0.2) is 18.3 Å². The van der Waals surface area contributed by atoms with E-state index in [0.29, 0.717) is 10.6 Å². The van der Waals surface area contributed by atoms with Crippen LogP contribution in [0.25, 0.3) is 10.2 Å². The number of aromatic nitrogens is 1. The molecule has 1 fully saturated rings. The normalized spacial score (nSPS) is 16.6. The number of nitrogens with two attached hydrogens (primary N) is 1. The van der Waals surface area contributed by atoms with Crippen LogP contribution in [0, 0.1) is 0 Å². The van der Waals surface area contributed by atoms with Gasteiger partial charge in [0.05, 0.1) is 10.4 Å². The van der Waals surface area contributed by atoms with E-state index in [9.17, 15) is 4.79 Å². The number of hydrogen-bond acceptors (Lipinski definition) is 5. The molecule has 0 saturated carbocycles. The quantitative estimate of drug-likeness (QED) is 0.773. The number of fused-ring (bicyclic) bond motifs is 1. The number of piperidine rings is 1. The van der Waals surface area contributed by atoms with Gasteiger partial charge in [0.2, 0.25) is 0 Å². The highest BCUT2D eigenvalue weighted by Gasteiger charge is 2.21. The van der Waals surface area contributed by atoms with Gasteiger partial charge in [-0.15, -0.1) is 11.3 Å². The van der Waals surface area contributed by atoms with Gasteiger partial charge in [0.15, 0.2) is 0 Å². The maximum absolute atomic E-state index is 12.3. The number of carbonyl (C=O) groups is 1. The molecule has 0 aromatic carbocycles. The first-order chi connectivity index (χ1) is 9.25. The largest absolute Gasteiger partial charge is 0.396 e. The van der Waals surface area contributed by atoms with Crippen molar-refractivity contribution in [1.29, 1.82) is 0 Å². The van der Waals surface area contributed by atoms with Gasteiger partial charge in [0.1, 0.15) is 10.4 Å². The number of rotatable bonds is 2. The molecule has 0 spiro atoms. The Kier molecular flexibility index (Phi) is 3.35. The van der Waals surface area contributed by atoms with Crippen molar-refractivity contribution in [2.45, 2.75) is 18.9 Å². The Bertz CT molecular complexity index is 604. The van der Waals surface area contributed by atoms with Crippen molar-refractivity contribution >= 4 is 33.1 Å². The third-order valence-corrected chi connectivity index (χ3v) is 4.52. The second-order valence-electron chi connectivity index (χ2n) is 4.69. The van der Waals surface area contributed by atoms with Crippen LogP contribution >= 0.6 is 11.3 Å². The number of thiophene rings is 1. The summed E-state index contributed by atoms with van der Waals surface area (Å²) in [6.45, 7) is 1.91. The third-order valence-electron chi connectivity index (χ3n) is 3.36. The molecule has 6 heteroatoms. The summed E-state index contributed by atoms with van der Waals surface area (Å²) in [5.74, 6) is -0.0765. The summed E-state index contributed by atoms with van der Waals surface area (Å²) in [5, 5.41) is 6.34. The number of hydrogen-bond donors (Lipinski definition) is 3. The van der Waals surface area contributed by atoms with Crippen molar-refractivity contribution in [3.8, 4) is 0 Å². The Balaban J connectivity index is 1.83. The molecule has 5 nitrogen and oxygen atoms in total. The molecule has 3 heterocycles. The van der Waals surface area contributed by atoms with Crippen molar-refractivity contribution in [3.05, 3.63) is 23.2 Å². The Morgan fingerprint density at radius 2 is 2.26 bits per heavy atom. The minimum absolute atomic E-state index is 0.0765. The third kappa shape index (κ3) is 2.41. The maximum atomic E-state index is 12.3. The monoisotopic (exact) mass is 276 g/mol. The molecular formula is C13H16N4OS. The highest BCUT2D eigenvalue weighted by atomic mass is 32.1. The van der Waals surface area contributed by atoms with E-state index >= 15 is 0 Å². The summed E-state index contributed by atoms with van der Waals surface area (Å²) in [6.07, 6.45) is 3.63. The van der Waals surface area contributed by atoms with E-state index in [4.69, 9.17) is 5.73 Å². The predicted octanol–water partition coefficient (Wildman–Crippen LogP) is 1.36. The zero-order valence-corrected chi connectivity index (χ0v) is 11.3. The average Bonchev–Trinajstić information content (AvgIpc) is 2.78. The number of amides is 1. The molecule has 4 N–H and O–H groups in total. The first kappa shape index (κ1) is 12.4. The molecule has 2 aromatic heterocycles. The minimum Gasteiger partial charge on any atom is -0.396 e. The molecule has 0 atom stereocenters. The van der Waals surface area contributed by atoms with Gasteiger partial charge < -0.3 is 16.4 Å². The zero-order valence-electron chi connectivity index (χ0n) is 10.5. The first-order valence-electron chi connectivity index (χ1n) is 6.40. The van der Waals surface area contributed by atoms with E-state index in [1.54, 1.807) is 6.20 Å². The Labute approximate surface area is 115 Å². The first-order valence-corrected chi connectivity index (χ1v) is 7.22. The van der Waals surface area contributed by atoms with Crippen LogP contribution in [0.3, 0.4) is 0 Å². The molecular weight excluding hydrogens is 260 g/mol. The van der Waals surface area contributed by atoms with Crippen LogP contribution in [-0.2, 0) is 0 Å². The second kappa shape index (κ2) is 5.14. The molecule has 1 saturated heterocycles. The zero-order chi connectivity index (χ0) is 13.2. The van der Waals surface area contributed by atoms with Gasteiger partial charge in [-0.3, -0.25) is 9.78 Å². The standard InChI is InChI=1S/C13H16N4OS/c14-10-11-9(2-1-5-16-11)19-12(10)13(18)17-8-3-6-15-7-4-8/h1-2,5,8,15H,3-4,6-7,14H2,(H,17,18). The fourth-order valence-electron chi connectivity index (χ4n) is 2.33. The molecule has 0 radical (unpaired) electrons. The average molecular weight is 276 g/mol. The fraction of sp³-hybridized carbons (Fsp3) is 0.385. The van der Waals surface area contributed by atoms with Crippen LogP contribution in [0.5, 0.6) is 0 Å². The van der Waals surface area contributed by atoms with Gasteiger partial charge >= 0.3 is 0 Å². The molecule has 0 aliphatic carbocycles. The summed E-state index contributed by atoms with van der Waals surface area (Å²) < 4.78 is 0.954. The molecule has 100 valence electrons. The summed E-state index contributed by atoms with van der Waals surface area (Å²) >= 11 is 1.41. The molecule has 1 aliphatic heterocycles. The smallest absolute Gasteiger partial charge is 0.263 e. The highest BCUT2D eigenvalue weighted by Crippen LogP contribution is 2.31. The second-order valence-corrected chi connectivity index (χ2v) is 5.74. The number of carbonyl (C=O) groups excluding carboxylic acids is 1. The topological polar surface area (TPSA) is 80.0 Å². The predicted molar refractivity (Wildman–Crippen MR) is 77.4 cm³/mol. The highest BCUT2D eigenvalue weighted by molar-refractivity contribution is 7.21. The minimum atomic E-state index is -0.0765. The van der Waals surface area contributed by atoms with E-state index in [-0.39, 0.29) is 11.9 Å². The SMILES string of the molecule is Nc1c(C(=O)NC2CCNCC2)sc2cccnc12. The van der Waals surface area contributed by atoms with Crippen molar-refractivity contribution in [2.24, 2.45) is 0 Å². The number of nitrogens with one attached hydrogen (secondary N) is 2. The lowest BCUT2D eigenvalue weighted by Gasteiger charge is -2.23. The van der Waals surface area contributed by atoms with Crippen LogP contribution < -0.4 is 16.4 Å². The summed E-state index contributed by atoms with van der Waals surface area (Å²) in [7, 11) is 0. The Morgan fingerprint density at radius 3 is 3.00 bits per heavy atom. The summed E-state index contributed by atoms with van der Waals surface area (Å²) in [4.78, 5) is 17.1. The fourth-order valence-corrected chi connectivity index (χ4v) is 3.32. The van der Waals surface area contributed by atoms with E-state index in [1.807, 2.05) is 12.1 Å². The van der Waals surface area contributed by atoms with Crippen molar-refractivity contribution in [2.75, 3.05) is 18.8 Å². The molecule has 0 unspecified atom stereocenters. The van der Waals surface area contributed by atoms with E-state index in [0.717, 1.165) is 36.1 Å². The van der Waals surface area contributed by atoms with Gasteiger partial charge in [-0.05, 0) is 38.1 Å². The van der Waals surface area contributed by atoms with Gasteiger partial charge in [-0.25, -0.2) is 0 Å². The van der Waals surface area contributed by atoms with Crippen LogP contribution in [0.4, 0.5) is 5.69 Å². The lowest BCUT2D eigenvalue weighted by molar-refractivity contribution is 0.0934. The Morgan fingerprint density at radius 1 is 1.47 bits per heavy atom. The molecule has 1 aliphatic rings. The number of nitrogens with zero attached hydrogens (tertiary/aromatic N) is 1. The van der Waals surface area contributed by atoms with Crippen molar-refractivity contribution < 1.29 is 4.79 Å². The van der Waals surface area contributed by atoms with Gasteiger partial charge in [0, 0.05) is 12.2 Å². The number of pyridine rings is 1. The summed E-state index contributed by atoms with van der Waals surface area (Å²) in [5.41, 5.74) is 7.24. The van der Waals surface area contributed by atoms with Crippen LogP contribution in [0.2, 0.25) is 0 Å². The van der Waals surface area contributed by atoms with Crippen LogP contribution in [-0.4, -0.2) is 30.0 Å². The van der Waals surface area contributed by atoms with Crippen molar-refractivity contribution in [1.82, 2.24) is 15.6 Å². The lowest BCUT2D eigenvalue weighted by Crippen LogP contribution is -2.42. The van der Waals surface area contributed by atoms with Crippen LogP contribution in [0.1, 0.15) is 22.5 Å². The molecule has 1 amide bonds. The van der Waals surface area contributed by atoms with E-state index in [1.165, 1.54) is 11.3 Å². The molecule has 0 bridgehead atoms. The molecule has 2 aromatic rings. The van der Waals surface area contributed by atoms with E-state index < -0.39 is 0 Å². The Hall–Kier alpha value is -1.66. The molecule has 3 rings (SSSR count). The van der Waals surface area contributed by atoms with Gasteiger partial charge in [-0.2, -0.15) is 0 Å².